The molecule has 0 aromatic heterocycles. The van der Waals surface area contributed by atoms with Crippen molar-refractivity contribution in [3.8, 4) is 0 Å². The summed E-state index contributed by atoms with van der Waals surface area (Å²) < 4.78 is 17.3. The summed E-state index contributed by atoms with van der Waals surface area (Å²) in [5, 5.41) is 10.5. The largest absolute Gasteiger partial charge is 0.389 e. The number of hydrogen-bond donors (Lipinski definition) is 1. The van der Waals surface area contributed by atoms with Gasteiger partial charge in [-0.1, -0.05) is 48.0 Å². The molecule has 0 bridgehead atoms. The molecule has 0 aliphatic carbocycles. The van der Waals surface area contributed by atoms with Crippen molar-refractivity contribution in [1.29, 1.82) is 0 Å². The first-order valence-corrected chi connectivity index (χ1v) is 13.4. The summed E-state index contributed by atoms with van der Waals surface area (Å²) in [7, 11) is 0. The van der Waals surface area contributed by atoms with E-state index in [9.17, 15) is 9.90 Å². The van der Waals surface area contributed by atoms with Crippen LogP contribution in [0.5, 0.6) is 0 Å². The smallest absolute Gasteiger partial charge is 0.253 e. The number of amides is 1. The highest BCUT2D eigenvalue weighted by atomic mass is 16.5. The molecule has 2 aliphatic rings. The van der Waals surface area contributed by atoms with Crippen LogP contribution < -0.4 is 0 Å². The molecule has 8 nitrogen and oxygen atoms in total. The van der Waals surface area contributed by atoms with Gasteiger partial charge >= 0.3 is 0 Å². The van der Waals surface area contributed by atoms with E-state index in [1.165, 1.54) is 0 Å². The second-order valence-electron chi connectivity index (χ2n) is 9.98. The number of aryl methyl sites for hydroxylation is 1. The summed E-state index contributed by atoms with van der Waals surface area (Å²) in [5.41, 5.74) is 2.93. The van der Waals surface area contributed by atoms with E-state index in [2.05, 4.69) is 9.80 Å². The van der Waals surface area contributed by atoms with Crippen LogP contribution in [-0.2, 0) is 20.8 Å². The van der Waals surface area contributed by atoms with Gasteiger partial charge in [-0.05, 0) is 24.6 Å². The number of β-amino-alcohol motifs (C(OH)–C–C–N with tert-alkyl or cyclic N) is 1. The Morgan fingerprint density at radius 2 is 1.78 bits per heavy atom. The maximum atomic E-state index is 13.5. The quantitative estimate of drug-likeness (QED) is 0.468. The number of carbonyl (C=O) groups excluding carboxylic acids is 1. The first kappa shape index (κ1) is 27.7. The summed E-state index contributed by atoms with van der Waals surface area (Å²) in [6, 6.07) is 17.7. The van der Waals surface area contributed by atoms with Crippen molar-refractivity contribution in [3.63, 3.8) is 0 Å². The SMILES string of the molecule is Cc1ccc(C(=O)N(CCN2CCOCC2)C[C@@H]2CN(C[C@H](O)COCc3ccccc3)CCO2)cc1. The van der Waals surface area contributed by atoms with Crippen LogP contribution in [0.15, 0.2) is 54.6 Å². The van der Waals surface area contributed by atoms with Crippen molar-refractivity contribution < 1.29 is 24.1 Å². The number of hydrogen-bond acceptors (Lipinski definition) is 7. The van der Waals surface area contributed by atoms with Crippen molar-refractivity contribution in [2.75, 3.05) is 78.8 Å². The molecule has 8 heteroatoms. The highest BCUT2D eigenvalue weighted by molar-refractivity contribution is 5.94. The zero-order chi connectivity index (χ0) is 25.9. The summed E-state index contributed by atoms with van der Waals surface area (Å²) in [6.45, 7) is 10.6. The molecule has 2 aliphatic heterocycles. The van der Waals surface area contributed by atoms with Crippen LogP contribution in [0.2, 0.25) is 0 Å². The molecule has 1 amide bonds. The van der Waals surface area contributed by atoms with E-state index in [-0.39, 0.29) is 18.6 Å². The lowest BCUT2D eigenvalue weighted by Gasteiger charge is -2.37. The minimum Gasteiger partial charge on any atom is -0.389 e. The van der Waals surface area contributed by atoms with Crippen molar-refractivity contribution >= 4 is 5.91 Å². The number of aliphatic hydroxyl groups excluding tert-OH is 1. The van der Waals surface area contributed by atoms with E-state index in [1.807, 2.05) is 66.4 Å². The Hall–Kier alpha value is -2.33. The van der Waals surface area contributed by atoms with Gasteiger partial charge < -0.3 is 24.2 Å². The van der Waals surface area contributed by atoms with Crippen LogP contribution in [0, 0.1) is 6.92 Å². The normalized spacial score (nSPS) is 20.0. The fourth-order valence-electron chi connectivity index (χ4n) is 4.78. The van der Waals surface area contributed by atoms with Gasteiger partial charge in [0.25, 0.3) is 5.91 Å². The summed E-state index contributed by atoms with van der Waals surface area (Å²) in [6.07, 6.45) is -0.681. The predicted octanol–water partition coefficient (Wildman–Crippen LogP) is 2.05. The molecule has 1 N–H and O–H groups in total. The number of rotatable bonds is 12. The molecule has 0 unspecified atom stereocenters. The number of aliphatic hydroxyl groups is 1. The van der Waals surface area contributed by atoms with Gasteiger partial charge in [0, 0.05) is 57.9 Å². The van der Waals surface area contributed by atoms with Gasteiger partial charge in [0.15, 0.2) is 0 Å². The minimum atomic E-state index is -0.575. The summed E-state index contributed by atoms with van der Waals surface area (Å²) in [5.74, 6) is 0.0309. The zero-order valence-corrected chi connectivity index (χ0v) is 22.0. The van der Waals surface area contributed by atoms with Crippen LogP contribution in [-0.4, -0.2) is 117 Å². The highest BCUT2D eigenvalue weighted by Gasteiger charge is 2.27. The zero-order valence-electron chi connectivity index (χ0n) is 22.0. The molecular formula is C29H41N3O5. The van der Waals surface area contributed by atoms with Crippen LogP contribution in [0.3, 0.4) is 0 Å². The van der Waals surface area contributed by atoms with Gasteiger partial charge in [-0.3, -0.25) is 14.6 Å². The van der Waals surface area contributed by atoms with Gasteiger partial charge in [-0.15, -0.1) is 0 Å². The Kier molecular flexibility index (Phi) is 10.9. The molecule has 2 fully saturated rings. The van der Waals surface area contributed by atoms with Gasteiger partial charge in [0.1, 0.15) is 0 Å². The first-order chi connectivity index (χ1) is 18.1. The first-order valence-electron chi connectivity index (χ1n) is 13.4. The number of ether oxygens (including phenoxy) is 3. The lowest BCUT2D eigenvalue weighted by Crippen LogP contribution is -2.52. The Morgan fingerprint density at radius 3 is 2.54 bits per heavy atom. The third kappa shape index (κ3) is 9.17. The van der Waals surface area contributed by atoms with Gasteiger partial charge in [-0.25, -0.2) is 0 Å². The Balaban J connectivity index is 1.29. The van der Waals surface area contributed by atoms with Crippen molar-refractivity contribution in [1.82, 2.24) is 14.7 Å². The second kappa shape index (κ2) is 14.6. The maximum Gasteiger partial charge on any atom is 0.253 e. The third-order valence-corrected chi connectivity index (χ3v) is 6.91. The molecular weight excluding hydrogens is 470 g/mol. The lowest BCUT2D eigenvalue weighted by atomic mass is 10.1. The predicted molar refractivity (Wildman–Crippen MR) is 143 cm³/mol. The van der Waals surface area contributed by atoms with E-state index < -0.39 is 6.10 Å². The topological polar surface area (TPSA) is 74.7 Å². The van der Waals surface area contributed by atoms with E-state index in [4.69, 9.17) is 14.2 Å². The van der Waals surface area contributed by atoms with Crippen LogP contribution >= 0.6 is 0 Å². The molecule has 2 atom stereocenters. The Morgan fingerprint density at radius 1 is 1.05 bits per heavy atom. The standard InChI is InChI=1S/C29H41N3O5/c1-24-7-9-26(10-8-24)29(34)32(12-11-30-13-16-35-17-14-30)21-28-20-31(15-18-37-28)19-27(33)23-36-22-25-5-3-2-4-6-25/h2-10,27-28,33H,11-23H2,1H3/t27-,28-/m0/s1. The highest BCUT2D eigenvalue weighted by Crippen LogP contribution is 2.13. The molecule has 37 heavy (non-hydrogen) atoms. The van der Waals surface area contributed by atoms with Gasteiger partial charge in [0.2, 0.25) is 0 Å². The monoisotopic (exact) mass is 511 g/mol. The Labute approximate surface area is 220 Å². The number of carbonyl (C=O) groups is 1. The third-order valence-electron chi connectivity index (χ3n) is 6.91. The molecule has 0 spiro atoms. The molecule has 2 aromatic carbocycles. The molecule has 0 saturated carbocycles. The van der Waals surface area contributed by atoms with E-state index in [0.717, 1.165) is 50.5 Å². The van der Waals surface area contributed by atoms with Crippen LogP contribution in [0.1, 0.15) is 21.5 Å². The Bertz CT molecular complexity index is 936. The van der Waals surface area contributed by atoms with Crippen LogP contribution in [0.4, 0.5) is 0 Å². The fraction of sp³-hybridized carbons (Fsp3) is 0.552. The van der Waals surface area contributed by atoms with Gasteiger partial charge in [-0.2, -0.15) is 0 Å². The average Bonchev–Trinajstić information content (AvgIpc) is 2.92. The molecule has 4 rings (SSSR count). The average molecular weight is 512 g/mol. The number of nitrogens with zero attached hydrogens (tertiary/aromatic N) is 3. The molecule has 2 aromatic rings. The molecule has 2 saturated heterocycles. The van der Waals surface area contributed by atoms with Crippen molar-refractivity contribution in [2.24, 2.45) is 0 Å². The molecule has 202 valence electrons. The summed E-state index contributed by atoms with van der Waals surface area (Å²) in [4.78, 5) is 19.9. The molecule has 0 radical (unpaired) electrons. The van der Waals surface area contributed by atoms with Crippen LogP contribution in [0.25, 0.3) is 0 Å². The van der Waals surface area contributed by atoms with E-state index in [0.29, 0.717) is 45.0 Å². The second-order valence-corrected chi connectivity index (χ2v) is 9.98. The number of morpholine rings is 2. The fourth-order valence-corrected chi connectivity index (χ4v) is 4.78. The van der Waals surface area contributed by atoms with Crippen molar-refractivity contribution in [2.45, 2.75) is 25.7 Å². The van der Waals surface area contributed by atoms with Crippen molar-refractivity contribution in [3.05, 3.63) is 71.3 Å². The maximum absolute atomic E-state index is 13.5. The minimum absolute atomic E-state index is 0.0309. The summed E-state index contributed by atoms with van der Waals surface area (Å²) >= 11 is 0. The lowest BCUT2D eigenvalue weighted by molar-refractivity contribution is -0.0604. The number of benzene rings is 2. The molecule has 2 heterocycles. The van der Waals surface area contributed by atoms with E-state index in [1.54, 1.807) is 0 Å². The van der Waals surface area contributed by atoms with Gasteiger partial charge in [0.05, 0.1) is 45.2 Å². The van der Waals surface area contributed by atoms with E-state index >= 15 is 0 Å².